The smallest absolute Gasteiger partial charge is 0.251 e. The van der Waals surface area contributed by atoms with Gasteiger partial charge in [-0.3, -0.25) is 4.79 Å². The van der Waals surface area contributed by atoms with E-state index in [1.54, 1.807) is 0 Å². The Labute approximate surface area is 141 Å². The van der Waals surface area contributed by atoms with Gasteiger partial charge in [0, 0.05) is 12.1 Å². The van der Waals surface area contributed by atoms with Crippen molar-refractivity contribution in [2.45, 2.75) is 26.9 Å². The van der Waals surface area contributed by atoms with Crippen LogP contribution in [0.25, 0.3) is 11.0 Å². The van der Waals surface area contributed by atoms with Crippen molar-refractivity contribution >= 4 is 16.9 Å². The number of hydrogen-bond donors (Lipinski definition) is 1. The van der Waals surface area contributed by atoms with Crippen molar-refractivity contribution in [3.63, 3.8) is 0 Å². The Kier molecular flexibility index (Phi) is 4.47. The van der Waals surface area contributed by atoms with E-state index in [1.807, 2.05) is 62.4 Å². The Hall–Kier alpha value is -2.88. The molecule has 0 fully saturated rings. The zero-order valence-electron chi connectivity index (χ0n) is 14.0. The summed E-state index contributed by atoms with van der Waals surface area (Å²) in [6.07, 6.45) is 0. The van der Waals surface area contributed by atoms with E-state index in [2.05, 4.69) is 21.4 Å². The number of hydrogen-bond acceptors (Lipinski definition) is 2. The summed E-state index contributed by atoms with van der Waals surface area (Å²) in [5.41, 5.74) is 4.82. The van der Waals surface area contributed by atoms with Gasteiger partial charge in [0.2, 0.25) is 0 Å². The van der Waals surface area contributed by atoms with E-state index in [0.29, 0.717) is 18.7 Å². The molecule has 0 atom stereocenters. The zero-order chi connectivity index (χ0) is 17.1. The van der Waals surface area contributed by atoms with Gasteiger partial charge in [-0.15, -0.1) is 0 Å². The fourth-order valence-corrected chi connectivity index (χ4v) is 2.67. The van der Waals surface area contributed by atoms with Gasteiger partial charge in [-0.25, -0.2) is 4.98 Å². The van der Waals surface area contributed by atoms with E-state index in [0.717, 1.165) is 28.0 Å². The number of para-hydroxylation sites is 2. The van der Waals surface area contributed by atoms with Crippen LogP contribution in [0.5, 0.6) is 0 Å². The molecule has 0 spiro atoms. The molecule has 24 heavy (non-hydrogen) atoms. The third kappa shape index (κ3) is 3.38. The SMILES string of the molecule is C=C(C)Cn1c(CNC(=O)c2ccc(C)cc2)nc2ccccc21. The molecule has 1 amide bonds. The number of aromatic nitrogens is 2. The summed E-state index contributed by atoms with van der Waals surface area (Å²) in [4.78, 5) is 17.0. The Morgan fingerprint density at radius 3 is 2.58 bits per heavy atom. The summed E-state index contributed by atoms with van der Waals surface area (Å²) >= 11 is 0. The predicted octanol–water partition coefficient (Wildman–Crippen LogP) is 3.85. The fraction of sp³-hybridized carbons (Fsp3) is 0.200. The van der Waals surface area contributed by atoms with Gasteiger partial charge in [-0.2, -0.15) is 0 Å². The van der Waals surface area contributed by atoms with Crippen LogP contribution >= 0.6 is 0 Å². The number of rotatable bonds is 5. The Morgan fingerprint density at radius 1 is 1.17 bits per heavy atom. The lowest BCUT2D eigenvalue weighted by molar-refractivity contribution is 0.0949. The third-order valence-electron chi connectivity index (χ3n) is 3.88. The molecule has 3 aromatic rings. The summed E-state index contributed by atoms with van der Waals surface area (Å²) in [6, 6.07) is 15.5. The highest BCUT2D eigenvalue weighted by Crippen LogP contribution is 2.17. The van der Waals surface area contributed by atoms with Gasteiger partial charge < -0.3 is 9.88 Å². The second-order valence-electron chi connectivity index (χ2n) is 6.11. The van der Waals surface area contributed by atoms with E-state index >= 15 is 0 Å². The largest absolute Gasteiger partial charge is 0.345 e. The minimum Gasteiger partial charge on any atom is -0.345 e. The van der Waals surface area contributed by atoms with Gasteiger partial charge in [0.25, 0.3) is 5.91 Å². The van der Waals surface area contributed by atoms with E-state index in [-0.39, 0.29) is 5.91 Å². The molecular formula is C20H21N3O. The molecule has 1 N–H and O–H groups in total. The van der Waals surface area contributed by atoms with Gasteiger partial charge in [-0.05, 0) is 38.1 Å². The van der Waals surface area contributed by atoms with Crippen molar-refractivity contribution in [2.24, 2.45) is 0 Å². The molecular weight excluding hydrogens is 298 g/mol. The van der Waals surface area contributed by atoms with Gasteiger partial charge >= 0.3 is 0 Å². The molecule has 0 aliphatic carbocycles. The van der Waals surface area contributed by atoms with E-state index in [1.165, 1.54) is 0 Å². The lowest BCUT2D eigenvalue weighted by Crippen LogP contribution is -2.24. The standard InChI is InChI=1S/C20H21N3O/c1-14(2)13-23-18-7-5-4-6-17(18)22-19(23)12-21-20(24)16-10-8-15(3)9-11-16/h4-11H,1,12-13H2,2-3H3,(H,21,24). The lowest BCUT2D eigenvalue weighted by atomic mass is 10.1. The highest BCUT2D eigenvalue weighted by molar-refractivity contribution is 5.94. The van der Waals surface area contributed by atoms with Gasteiger partial charge in [0.15, 0.2) is 0 Å². The summed E-state index contributed by atoms with van der Waals surface area (Å²) in [5.74, 6) is 0.739. The van der Waals surface area contributed by atoms with Gasteiger partial charge in [0.1, 0.15) is 5.82 Å². The van der Waals surface area contributed by atoms with Crippen molar-refractivity contribution < 1.29 is 4.79 Å². The molecule has 0 unspecified atom stereocenters. The average Bonchev–Trinajstić information content (AvgIpc) is 2.90. The fourth-order valence-electron chi connectivity index (χ4n) is 2.67. The number of nitrogens with zero attached hydrogens (tertiary/aromatic N) is 2. The zero-order valence-corrected chi connectivity index (χ0v) is 14.0. The molecule has 3 rings (SSSR count). The highest BCUT2D eigenvalue weighted by atomic mass is 16.1. The second-order valence-corrected chi connectivity index (χ2v) is 6.11. The highest BCUT2D eigenvalue weighted by Gasteiger charge is 2.12. The molecule has 1 aromatic heterocycles. The van der Waals surface area contributed by atoms with Crippen LogP contribution in [-0.4, -0.2) is 15.5 Å². The molecule has 0 bridgehead atoms. The monoisotopic (exact) mass is 319 g/mol. The third-order valence-corrected chi connectivity index (χ3v) is 3.88. The maximum Gasteiger partial charge on any atom is 0.251 e. The first-order valence-electron chi connectivity index (χ1n) is 7.98. The van der Waals surface area contributed by atoms with Crippen LogP contribution in [0.2, 0.25) is 0 Å². The first kappa shape index (κ1) is 16.0. The molecule has 4 nitrogen and oxygen atoms in total. The van der Waals surface area contributed by atoms with Crippen molar-refractivity contribution in [3.05, 3.63) is 77.6 Å². The summed E-state index contributed by atoms with van der Waals surface area (Å²) in [7, 11) is 0. The number of carbonyl (C=O) groups excluding carboxylic acids is 1. The number of carbonyl (C=O) groups is 1. The van der Waals surface area contributed by atoms with Crippen LogP contribution < -0.4 is 5.32 Å². The molecule has 0 aliphatic heterocycles. The van der Waals surface area contributed by atoms with Crippen LogP contribution in [0.15, 0.2) is 60.7 Å². The van der Waals surface area contributed by atoms with Gasteiger partial charge in [-0.1, -0.05) is 42.0 Å². The van der Waals surface area contributed by atoms with Crippen LogP contribution in [0, 0.1) is 6.92 Å². The predicted molar refractivity (Wildman–Crippen MR) is 96.9 cm³/mol. The molecule has 4 heteroatoms. The van der Waals surface area contributed by atoms with Gasteiger partial charge in [0.05, 0.1) is 17.6 Å². The molecule has 0 aliphatic rings. The Morgan fingerprint density at radius 2 is 1.88 bits per heavy atom. The number of imidazole rings is 1. The summed E-state index contributed by atoms with van der Waals surface area (Å²) < 4.78 is 2.10. The van der Waals surface area contributed by atoms with E-state index in [4.69, 9.17) is 0 Å². The summed E-state index contributed by atoms with van der Waals surface area (Å²) in [5, 5.41) is 2.96. The minimum atomic E-state index is -0.0936. The first-order chi connectivity index (χ1) is 11.5. The minimum absolute atomic E-state index is 0.0936. The maximum atomic E-state index is 12.3. The number of nitrogens with one attached hydrogen (secondary N) is 1. The molecule has 0 saturated heterocycles. The quantitative estimate of drug-likeness (QED) is 0.726. The molecule has 0 saturated carbocycles. The van der Waals surface area contributed by atoms with E-state index < -0.39 is 0 Å². The average molecular weight is 319 g/mol. The summed E-state index contributed by atoms with van der Waals surface area (Å²) in [6.45, 7) is 9.06. The number of fused-ring (bicyclic) bond motifs is 1. The molecule has 2 aromatic carbocycles. The number of amides is 1. The van der Waals surface area contributed by atoms with Crippen LogP contribution in [0.1, 0.15) is 28.7 Å². The molecule has 122 valence electrons. The number of benzene rings is 2. The Balaban J connectivity index is 1.82. The van der Waals surface area contributed by atoms with Crippen molar-refractivity contribution in [1.29, 1.82) is 0 Å². The van der Waals surface area contributed by atoms with Crippen LogP contribution in [0.3, 0.4) is 0 Å². The van der Waals surface area contributed by atoms with Crippen molar-refractivity contribution in [3.8, 4) is 0 Å². The van der Waals surface area contributed by atoms with Crippen molar-refractivity contribution in [2.75, 3.05) is 0 Å². The first-order valence-corrected chi connectivity index (χ1v) is 7.98. The Bertz CT molecular complexity index is 891. The number of allylic oxidation sites excluding steroid dienone is 1. The second kappa shape index (κ2) is 6.71. The maximum absolute atomic E-state index is 12.3. The normalized spacial score (nSPS) is 10.8. The van der Waals surface area contributed by atoms with E-state index in [9.17, 15) is 4.79 Å². The van der Waals surface area contributed by atoms with Crippen LogP contribution in [0.4, 0.5) is 0 Å². The topological polar surface area (TPSA) is 46.9 Å². The van der Waals surface area contributed by atoms with Crippen molar-refractivity contribution in [1.82, 2.24) is 14.9 Å². The lowest BCUT2D eigenvalue weighted by Gasteiger charge is -2.10. The number of aryl methyl sites for hydroxylation is 1. The molecule has 0 radical (unpaired) electrons. The molecule has 1 heterocycles. The van der Waals surface area contributed by atoms with Crippen LogP contribution in [-0.2, 0) is 13.1 Å².